The van der Waals surface area contributed by atoms with Crippen LogP contribution in [0.1, 0.15) is 58.4 Å². The van der Waals surface area contributed by atoms with Gasteiger partial charge in [0.05, 0.1) is 0 Å². The summed E-state index contributed by atoms with van der Waals surface area (Å²) < 4.78 is 0. The van der Waals surface area contributed by atoms with Crippen LogP contribution in [0.15, 0.2) is 24.4 Å². The summed E-state index contributed by atoms with van der Waals surface area (Å²) in [6, 6.07) is 5.01. The number of rotatable bonds is 3. The molecule has 3 heteroatoms. The number of pyridine rings is 1. The van der Waals surface area contributed by atoms with Crippen molar-refractivity contribution in [3.05, 3.63) is 30.0 Å². The lowest BCUT2D eigenvalue weighted by molar-refractivity contribution is 0.142. The van der Waals surface area contributed by atoms with Crippen LogP contribution in [-0.2, 0) is 0 Å². The highest BCUT2D eigenvalue weighted by atomic mass is 15.1. The summed E-state index contributed by atoms with van der Waals surface area (Å²) in [4.78, 5) is 7.07. The Labute approximate surface area is 152 Å². The van der Waals surface area contributed by atoms with Crippen LogP contribution < -0.4 is 5.32 Å². The summed E-state index contributed by atoms with van der Waals surface area (Å²) >= 11 is 0. The van der Waals surface area contributed by atoms with E-state index in [0.717, 1.165) is 37.7 Å². The minimum atomic E-state index is 0.389. The number of fused-ring (bicyclic) bond motifs is 2. The van der Waals surface area contributed by atoms with E-state index in [1.165, 1.54) is 30.4 Å². The van der Waals surface area contributed by atoms with Crippen LogP contribution in [0.3, 0.4) is 0 Å². The van der Waals surface area contributed by atoms with Gasteiger partial charge >= 0.3 is 0 Å². The molecule has 1 aromatic rings. The summed E-state index contributed by atoms with van der Waals surface area (Å²) in [5.41, 5.74) is 3.66. The van der Waals surface area contributed by atoms with E-state index < -0.39 is 0 Å². The molecule has 3 nitrogen and oxygen atoms in total. The van der Waals surface area contributed by atoms with Crippen LogP contribution in [0.4, 0.5) is 5.82 Å². The highest BCUT2D eigenvalue weighted by Gasteiger charge is 2.61. The monoisotopic (exact) mass is 339 g/mol. The first-order valence-electron chi connectivity index (χ1n) is 10.0. The van der Waals surface area contributed by atoms with E-state index in [4.69, 9.17) is 0 Å². The van der Waals surface area contributed by atoms with Crippen LogP contribution in [0.25, 0.3) is 5.57 Å². The molecule has 3 atom stereocenters. The number of aromatic nitrogens is 1. The molecule has 1 aromatic heterocycles. The smallest absolute Gasteiger partial charge is 0.126 e. The molecular weight excluding hydrogens is 306 g/mol. The van der Waals surface area contributed by atoms with Gasteiger partial charge in [-0.1, -0.05) is 26.8 Å². The fourth-order valence-corrected chi connectivity index (χ4v) is 5.56. The Kier molecular flexibility index (Phi) is 4.18. The second-order valence-corrected chi connectivity index (χ2v) is 9.31. The molecule has 0 amide bonds. The topological polar surface area (TPSA) is 28.2 Å². The quantitative estimate of drug-likeness (QED) is 0.856. The van der Waals surface area contributed by atoms with E-state index in [1.54, 1.807) is 0 Å². The van der Waals surface area contributed by atoms with Crippen molar-refractivity contribution < 1.29 is 0 Å². The summed E-state index contributed by atoms with van der Waals surface area (Å²) in [5.74, 6) is 1.92. The zero-order valence-electron chi connectivity index (χ0n) is 16.3. The van der Waals surface area contributed by atoms with Crippen molar-refractivity contribution in [1.82, 2.24) is 9.88 Å². The Morgan fingerprint density at radius 3 is 2.80 bits per heavy atom. The van der Waals surface area contributed by atoms with Crippen molar-refractivity contribution in [2.45, 2.75) is 58.9 Å². The molecular formula is C22H33N3. The maximum absolute atomic E-state index is 4.65. The van der Waals surface area contributed by atoms with Crippen LogP contribution in [0.5, 0.6) is 0 Å². The van der Waals surface area contributed by atoms with Crippen LogP contribution in [-0.4, -0.2) is 36.1 Å². The average molecular weight is 340 g/mol. The normalized spacial score (nSPS) is 34.6. The van der Waals surface area contributed by atoms with Gasteiger partial charge in [-0.05, 0) is 79.2 Å². The third kappa shape index (κ3) is 2.81. The predicted octanol–water partition coefficient (Wildman–Crippen LogP) is 4.82. The third-order valence-corrected chi connectivity index (χ3v) is 7.91. The van der Waals surface area contributed by atoms with E-state index in [2.05, 4.69) is 61.2 Å². The number of nitrogens with zero attached hydrogens (tertiary/aromatic N) is 2. The summed E-state index contributed by atoms with van der Waals surface area (Å²) in [5, 5.41) is 3.82. The van der Waals surface area contributed by atoms with Crippen molar-refractivity contribution in [3.8, 4) is 0 Å². The Morgan fingerprint density at radius 1 is 1.24 bits per heavy atom. The first kappa shape index (κ1) is 17.1. The molecule has 25 heavy (non-hydrogen) atoms. The molecule has 2 bridgehead atoms. The molecule has 4 rings (SSSR count). The van der Waals surface area contributed by atoms with Gasteiger partial charge in [-0.25, -0.2) is 4.98 Å². The zero-order chi connectivity index (χ0) is 17.7. The molecule has 2 aliphatic carbocycles. The summed E-state index contributed by atoms with van der Waals surface area (Å²) in [6.45, 7) is 9.75. The van der Waals surface area contributed by atoms with E-state index in [9.17, 15) is 0 Å². The highest BCUT2D eigenvalue weighted by molar-refractivity contribution is 5.68. The lowest BCUT2D eigenvalue weighted by Crippen LogP contribution is -2.40. The molecule has 1 N–H and O–H groups in total. The van der Waals surface area contributed by atoms with Crippen molar-refractivity contribution in [2.75, 3.05) is 25.5 Å². The van der Waals surface area contributed by atoms with Gasteiger partial charge in [-0.3, -0.25) is 0 Å². The molecule has 0 aromatic carbocycles. The van der Waals surface area contributed by atoms with Crippen molar-refractivity contribution in [2.24, 2.45) is 16.7 Å². The molecule has 2 saturated carbocycles. The van der Waals surface area contributed by atoms with Crippen LogP contribution >= 0.6 is 0 Å². The van der Waals surface area contributed by atoms with E-state index in [1.807, 2.05) is 6.20 Å². The maximum Gasteiger partial charge on any atom is 0.126 e. The fourth-order valence-electron chi connectivity index (χ4n) is 5.56. The number of nitrogens with one attached hydrogen (secondary N) is 1. The van der Waals surface area contributed by atoms with Gasteiger partial charge in [0.25, 0.3) is 0 Å². The van der Waals surface area contributed by atoms with Gasteiger partial charge in [0.15, 0.2) is 0 Å². The highest BCUT2D eigenvalue weighted by Crippen LogP contribution is 2.65. The Balaban J connectivity index is 1.52. The Hall–Kier alpha value is -1.35. The molecule has 0 saturated heterocycles. The molecule has 136 valence electrons. The first-order valence-corrected chi connectivity index (χ1v) is 10.0. The van der Waals surface area contributed by atoms with Gasteiger partial charge in [-0.15, -0.1) is 0 Å². The third-order valence-electron chi connectivity index (χ3n) is 7.91. The molecule has 0 radical (unpaired) electrons. The van der Waals surface area contributed by atoms with E-state index >= 15 is 0 Å². The lowest BCUT2D eigenvalue weighted by atomic mass is 9.69. The molecule has 2 fully saturated rings. The van der Waals surface area contributed by atoms with Gasteiger partial charge in [0, 0.05) is 25.3 Å². The van der Waals surface area contributed by atoms with Gasteiger partial charge in [-0.2, -0.15) is 0 Å². The maximum atomic E-state index is 4.65. The van der Waals surface area contributed by atoms with Crippen LogP contribution in [0, 0.1) is 16.7 Å². The van der Waals surface area contributed by atoms with Crippen molar-refractivity contribution >= 4 is 11.4 Å². The van der Waals surface area contributed by atoms with Gasteiger partial charge in [0.2, 0.25) is 0 Å². The summed E-state index contributed by atoms with van der Waals surface area (Å²) in [6.07, 6.45) is 10.7. The fraction of sp³-hybridized carbons (Fsp3) is 0.682. The molecule has 3 aliphatic rings. The van der Waals surface area contributed by atoms with Crippen molar-refractivity contribution in [3.63, 3.8) is 0 Å². The van der Waals surface area contributed by atoms with E-state index in [-0.39, 0.29) is 0 Å². The number of anilines is 1. The largest absolute Gasteiger partial charge is 0.367 e. The molecule has 0 unspecified atom stereocenters. The minimum Gasteiger partial charge on any atom is -0.367 e. The zero-order valence-corrected chi connectivity index (χ0v) is 16.3. The number of hydrogen-bond acceptors (Lipinski definition) is 3. The van der Waals surface area contributed by atoms with Gasteiger partial charge < -0.3 is 10.2 Å². The SMILES string of the molecule is CN1CCC=C(c2ccnc(N[C@H]3C[C@H]4CC[C@]3(C)C4(C)C)c2)CC1. The molecule has 1 aliphatic heterocycles. The second-order valence-electron chi connectivity index (χ2n) is 9.31. The second kappa shape index (κ2) is 6.12. The molecule has 2 heterocycles. The Bertz CT molecular complexity index is 678. The number of hydrogen-bond donors (Lipinski definition) is 1. The molecule has 0 spiro atoms. The van der Waals surface area contributed by atoms with E-state index in [0.29, 0.717) is 16.9 Å². The summed E-state index contributed by atoms with van der Waals surface area (Å²) in [7, 11) is 2.22. The average Bonchev–Trinajstić information content (AvgIpc) is 2.80. The lowest BCUT2D eigenvalue weighted by Gasteiger charge is -2.39. The minimum absolute atomic E-state index is 0.389. The standard InChI is InChI=1S/C22H33N3/c1-21(2)18-7-10-22(21,3)19(15-18)24-20-14-17(8-11-23-20)16-6-5-12-25(4)13-9-16/h6,8,11,14,18-19H,5,7,9-10,12-13,15H2,1-4H3,(H,23,24)/t18-,19+,22+/m1/s1. The Morgan fingerprint density at radius 2 is 2.08 bits per heavy atom. The van der Waals surface area contributed by atoms with Gasteiger partial charge in [0.1, 0.15) is 5.82 Å². The first-order chi connectivity index (χ1) is 11.9. The van der Waals surface area contributed by atoms with Crippen LogP contribution in [0.2, 0.25) is 0 Å². The predicted molar refractivity (Wildman–Crippen MR) is 106 cm³/mol. The van der Waals surface area contributed by atoms with Crippen molar-refractivity contribution in [1.29, 1.82) is 0 Å².